The number of carbonyl (C=O) groups is 3. The third kappa shape index (κ3) is 5.23. The molecule has 0 aliphatic heterocycles. The highest BCUT2D eigenvalue weighted by Crippen LogP contribution is 2.33. The molecule has 9 nitrogen and oxygen atoms in total. The maximum Gasteiger partial charge on any atom is 0.305 e. The Kier molecular flexibility index (Phi) is 7.35. The van der Waals surface area contributed by atoms with Crippen LogP contribution in [0.25, 0.3) is 21.1 Å². The summed E-state index contributed by atoms with van der Waals surface area (Å²) in [5, 5.41) is 0.945. The van der Waals surface area contributed by atoms with Gasteiger partial charge in [-0.15, -0.1) is 11.3 Å². The molecule has 0 radical (unpaired) electrons. The van der Waals surface area contributed by atoms with Gasteiger partial charge in [-0.05, 0) is 53.8 Å². The zero-order valence-electron chi connectivity index (χ0n) is 19.9. The predicted octanol–water partition coefficient (Wildman–Crippen LogP) is 3.88. The van der Waals surface area contributed by atoms with Crippen LogP contribution in [-0.2, 0) is 22.5 Å². The highest BCUT2D eigenvalue weighted by atomic mass is 32.1. The second-order valence-electron chi connectivity index (χ2n) is 8.14. The summed E-state index contributed by atoms with van der Waals surface area (Å²) in [4.78, 5) is 40.2. The third-order valence-corrected chi connectivity index (χ3v) is 6.97. The van der Waals surface area contributed by atoms with E-state index in [1.54, 1.807) is 25.3 Å². The summed E-state index contributed by atoms with van der Waals surface area (Å²) < 4.78 is 13.0. The van der Waals surface area contributed by atoms with Gasteiger partial charge in [0.15, 0.2) is 5.78 Å². The number of nitrogen functional groups attached to an aromatic ring is 1. The van der Waals surface area contributed by atoms with Crippen molar-refractivity contribution in [3.05, 3.63) is 64.6 Å². The standard InChI is InChI=1S/C26H26N4O5S/c1-34-21-14-22-17(13-23(36-22)20(31)8-9-24(32)35-2)11-15(21)5-3-4-10-30-19-7-6-16(25(27)33)12-18(19)29-26(30)28/h3-4,6-7,11-14H,5,8-10H2,1-2H3,(H2,27,33)(H2,28,29)/b4-3+. The molecule has 10 heteroatoms. The van der Waals surface area contributed by atoms with Crippen molar-refractivity contribution in [2.45, 2.75) is 25.8 Å². The van der Waals surface area contributed by atoms with Gasteiger partial charge in [-0.25, -0.2) is 4.98 Å². The number of hydrogen-bond acceptors (Lipinski definition) is 8. The van der Waals surface area contributed by atoms with Crippen LogP contribution >= 0.6 is 11.3 Å². The minimum absolute atomic E-state index is 0.0615. The van der Waals surface area contributed by atoms with Crippen LogP contribution in [0.5, 0.6) is 5.75 Å². The average molecular weight is 507 g/mol. The Bertz CT molecular complexity index is 1500. The number of esters is 1. The number of methoxy groups -OCH3 is 2. The summed E-state index contributed by atoms with van der Waals surface area (Å²) in [5.74, 6) is 0.0717. The highest BCUT2D eigenvalue weighted by Gasteiger charge is 2.15. The van der Waals surface area contributed by atoms with Gasteiger partial charge in [-0.2, -0.15) is 0 Å². The molecule has 0 saturated heterocycles. The number of hydrogen-bond donors (Lipinski definition) is 2. The number of aromatic nitrogens is 2. The van der Waals surface area contributed by atoms with Gasteiger partial charge in [0.25, 0.3) is 0 Å². The van der Waals surface area contributed by atoms with E-state index in [0.29, 0.717) is 34.9 Å². The predicted molar refractivity (Wildman–Crippen MR) is 139 cm³/mol. The van der Waals surface area contributed by atoms with Crippen molar-refractivity contribution in [2.75, 3.05) is 20.0 Å². The fraction of sp³-hybridized carbons (Fsp3) is 0.231. The Morgan fingerprint density at radius 1 is 1.08 bits per heavy atom. The molecule has 0 unspecified atom stereocenters. The Labute approximate surface area is 211 Å². The van der Waals surface area contributed by atoms with Gasteiger partial charge in [-0.3, -0.25) is 14.4 Å². The summed E-state index contributed by atoms with van der Waals surface area (Å²) >= 11 is 1.38. The Balaban J connectivity index is 1.49. The van der Waals surface area contributed by atoms with Crippen LogP contribution in [0.3, 0.4) is 0 Å². The fourth-order valence-corrected chi connectivity index (χ4v) is 4.97. The largest absolute Gasteiger partial charge is 0.496 e. The number of allylic oxidation sites excluding steroid dienone is 2. The van der Waals surface area contributed by atoms with Crippen molar-refractivity contribution in [3.63, 3.8) is 0 Å². The Morgan fingerprint density at radius 2 is 1.89 bits per heavy atom. The van der Waals surface area contributed by atoms with Gasteiger partial charge >= 0.3 is 5.97 Å². The van der Waals surface area contributed by atoms with E-state index in [9.17, 15) is 14.4 Å². The fourth-order valence-electron chi connectivity index (χ4n) is 3.93. The van der Waals surface area contributed by atoms with Gasteiger partial charge in [0.2, 0.25) is 11.9 Å². The molecule has 1 amide bonds. The van der Waals surface area contributed by atoms with Crippen LogP contribution in [0.2, 0.25) is 0 Å². The molecule has 2 aromatic heterocycles. The number of nitrogens with zero attached hydrogens (tertiary/aromatic N) is 2. The molecule has 186 valence electrons. The molecule has 0 bridgehead atoms. The zero-order valence-corrected chi connectivity index (χ0v) is 20.8. The molecule has 0 atom stereocenters. The van der Waals surface area contributed by atoms with E-state index in [1.165, 1.54) is 18.4 Å². The molecular formula is C26H26N4O5S. The van der Waals surface area contributed by atoms with Crippen molar-refractivity contribution in [3.8, 4) is 5.75 Å². The Morgan fingerprint density at radius 3 is 2.61 bits per heavy atom. The van der Waals surface area contributed by atoms with Crippen LogP contribution in [0.4, 0.5) is 5.95 Å². The van der Waals surface area contributed by atoms with E-state index in [4.69, 9.17) is 16.2 Å². The van der Waals surface area contributed by atoms with Crippen molar-refractivity contribution in [1.82, 2.24) is 9.55 Å². The molecule has 0 aliphatic carbocycles. The number of anilines is 1. The van der Waals surface area contributed by atoms with E-state index >= 15 is 0 Å². The molecule has 4 aromatic rings. The van der Waals surface area contributed by atoms with E-state index < -0.39 is 11.9 Å². The highest BCUT2D eigenvalue weighted by molar-refractivity contribution is 7.20. The van der Waals surface area contributed by atoms with E-state index in [2.05, 4.69) is 9.72 Å². The topological polar surface area (TPSA) is 140 Å². The van der Waals surface area contributed by atoms with Gasteiger partial charge in [0.05, 0.1) is 36.6 Å². The smallest absolute Gasteiger partial charge is 0.305 e. The van der Waals surface area contributed by atoms with Crippen molar-refractivity contribution < 1.29 is 23.9 Å². The molecular weight excluding hydrogens is 480 g/mol. The van der Waals surface area contributed by atoms with Crippen LogP contribution in [0.1, 0.15) is 38.4 Å². The summed E-state index contributed by atoms with van der Waals surface area (Å²) in [5.41, 5.74) is 14.2. The van der Waals surface area contributed by atoms with Crippen LogP contribution in [0, 0.1) is 0 Å². The molecule has 4 rings (SSSR count). The summed E-state index contributed by atoms with van der Waals surface area (Å²) in [6, 6.07) is 10.9. The molecule has 0 saturated carbocycles. The summed E-state index contributed by atoms with van der Waals surface area (Å²) in [6.07, 6.45) is 4.78. The van der Waals surface area contributed by atoms with E-state index in [0.717, 1.165) is 26.9 Å². The lowest BCUT2D eigenvalue weighted by molar-refractivity contribution is -0.140. The first kappa shape index (κ1) is 24.9. The van der Waals surface area contributed by atoms with Gasteiger partial charge in [0, 0.05) is 23.2 Å². The first-order valence-electron chi connectivity index (χ1n) is 11.2. The Hall–Kier alpha value is -4.18. The quantitative estimate of drug-likeness (QED) is 0.189. The second kappa shape index (κ2) is 10.6. The van der Waals surface area contributed by atoms with Gasteiger partial charge in [0.1, 0.15) is 5.75 Å². The van der Waals surface area contributed by atoms with Crippen molar-refractivity contribution >= 4 is 56.1 Å². The monoisotopic (exact) mass is 506 g/mol. The summed E-state index contributed by atoms with van der Waals surface area (Å²) in [6.45, 7) is 0.500. The number of rotatable bonds is 10. The number of ketones is 1. The second-order valence-corrected chi connectivity index (χ2v) is 9.22. The number of amides is 1. The van der Waals surface area contributed by atoms with Crippen LogP contribution < -0.4 is 16.2 Å². The number of primary amides is 1. The van der Waals surface area contributed by atoms with Crippen molar-refractivity contribution in [1.29, 1.82) is 0 Å². The lowest BCUT2D eigenvalue weighted by Crippen LogP contribution is -2.10. The number of benzene rings is 2. The van der Waals surface area contributed by atoms with E-state index in [-0.39, 0.29) is 18.6 Å². The molecule has 2 aromatic carbocycles. The number of fused-ring (bicyclic) bond motifs is 2. The lowest BCUT2D eigenvalue weighted by atomic mass is 10.1. The first-order chi connectivity index (χ1) is 17.3. The van der Waals surface area contributed by atoms with Crippen LogP contribution in [-0.4, -0.2) is 41.4 Å². The first-order valence-corrected chi connectivity index (χ1v) is 12.0. The minimum atomic E-state index is -0.515. The number of Topliss-reactive ketones (excluding diaryl/α,β-unsaturated/α-hetero) is 1. The summed E-state index contributed by atoms with van der Waals surface area (Å²) in [7, 11) is 2.92. The average Bonchev–Trinajstić information content (AvgIpc) is 3.43. The third-order valence-electron chi connectivity index (χ3n) is 5.83. The van der Waals surface area contributed by atoms with Gasteiger partial charge in [-0.1, -0.05) is 12.2 Å². The normalized spacial score (nSPS) is 11.4. The van der Waals surface area contributed by atoms with Crippen LogP contribution in [0.15, 0.2) is 48.6 Å². The maximum absolute atomic E-state index is 12.5. The number of thiophene rings is 1. The lowest BCUT2D eigenvalue weighted by Gasteiger charge is -2.07. The SMILES string of the molecule is COC(=O)CCC(=O)c1cc2cc(C/C=C/Cn3c(N)nc4cc(C(N)=O)ccc43)c(OC)cc2s1. The number of nitrogens with two attached hydrogens (primary N) is 2. The number of imidazole rings is 1. The minimum Gasteiger partial charge on any atom is -0.496 e. The molecule has 36 heavy (non-hydrogen) atoms. The maximum atomic E-state index is 12.5. The zero-order chi connectivity index (χ0) is 25.8. The van der Waals surface area contributed by atoms with E-state index in [1.807, 2.05) is 34.9 Å². The van der Waals surface area contributed by atoms with Crippen molar-refractivity contribution in [2.24, 2.45) is 5.73 Å². The molecule has 0 spiro atoms. The molecule has 0 fully saturated rings. The number of ether oxygens (including phenoxy) is 2. The number of carbonyl (C=O) groups excluding carboxylic acids is 3. The molecule has 2 heterocycles. The molecule has 4 N–H and O–H groups in total. The molecule has 0 aliphatic rings. The van der Waals surface area contributed by atoms with Gasteiger partial charge < -0.3 is 25.5 Å².